The largest absolute Gasteiger partial charge is 1.00 e. The second-order valence-electron chi connectivity index (χ2n) is 3.65. The fourth-order valence-electron chi connectivity index (χ4n) is 1.11. The molecule has 0 aromatic carbocycles. The van der Waals surface area contributed by atoms with Gasteiger partial charge in [-0.1, -0.05) is 0 Å². The van der Waals surface area contributed by atoms with Crippen LogP contribution in [0.1, 0.15) is 25.7 Å². The first-order valence-corrected chi connectivity index (χ1v) is 8.36. The van der Waals surface area contributed by atoms with Gasteiger partial charge in [0.05, 0.1) is 13.2 Å². The zero-order valence-electron chi connectivity index (χ0n) is 13.0. The number of hydrogen-bond acceptors (Lipinski definition) is 8. The van der Waals surface area contributed by atoms with E-state index in [-0.39, 0.29) is 50.9 Å². The van der Waals surface area contributed by atoms with E-state index in [4.69, 9.17) is 0 Å². The van der Waals surface area contributed by atoms with Crippen molar-refractivity contribution >= 4 is 33.0 Å². The molecule has 10 nitrogen and oxygen atoms in total. The second kappa shape index (κ2) is 13.7. The van der Waals surface area contributed by atoms with E-state index in [1.54, 1.807) is 0 Å². The minimum atomic E-state index is -5.28. The Labute approximate surface area is 162 Å². The molecule has 0 aliphatic heterocycles. The van der Waals surface area contributed by atoms with E-state index in [1.165, 1.54) is 0 Å². The summed E-state index contributed by atoms with van der Waals surface area (Å²) < 4.78 is 76.4. The molecule has 0 aliphatic rings. The monoisotopic (exact) mass is 380 g/mol. The average molecular weight is 380 g/mol. The molecule has 0 saturated carbocycles. The van der Waals surface area contributed by atoms with Crippen LogP contribution in [0.25, 0.3) is 9.44 Å². The van der Waals surface area contributed by atoms with Crippen molar-refractivity contribution in [2.75, 3.05) is 13.2 Å². The van der Waals surface area contributed by atoms with Crippen molar-refractivity contribution in [3.05, 3.63) is 9.44 Å². The normalized spacial score (nSPS) is 10.6. The molecule has 0 saturated heterocycles. The Morgan fingerprint density at radius 2 is 1.00 bits per heavy atom. The van der Waals surface area contributed by atoms with Crippen LogP contribution in [0.2, 0.25) is 0 Å². The van der Waals surface area contributed by atoms with Crippen molar-refractivity contribution in [3.8, 4) is 0 Å². The van der Waals surface area contributed by atoms with Crippen LogP contribution in [0.15, 0.2) is 0 Å². The summed E-state index contributed by atoms with van der Waals surface area (Å²) >= 11 is 0. The number of ether oxygens (including phenoxy) is 2. The van der Waals surface area contributed by atoms with E-state index >= 15 is 0 Å². The molecule has 24 heavy (non-hydrogen) atoms. The van der Waals surface area contributed by atoms with Crippen LogP contribution in [-0.4, -0.2) is 42.2 Å². The van der Waals surface area contributed by atoms with Gasteiger partial charge < -0.3 is 18.9 Å². The molecule has 0 bridgehead atoms. The van der Waals surface area contributed by atoms with E-state index in [0.29, 0.717) is 25.7 Å². The SMILES string of the molecule is O=C([N-]S(=O)(=O)F)OCCCCCCOC(=O)[N-]S(=O)(=O)F.[Li+].[Li+]. The molecule has 0 radical (unpaired) electrons. The number of halogens is 2. The van der Waals surface area contributed by atoms with Crippen molar-refractivity contribution in [3.63, 3.8) is 0 Å². The standard InChI is InChI=1S/C8H14F2N2O8S2.2Li/c9-21(15,16)11-7(13)19-5-3-1-2-4-6-20-8(14)12-22(10,17)18;;/h1-6H2,(H2,11,12,13,14);;/q;2*+1/p-2. The zero-order valence-corrected chi connectivity index (χ0v) is 14.6. The van der Waals surface area contributed by atoms with Crippen molar-refractivity contribution < 1.29 is 81.4 Å². The predicted octanol–water partition coefficient (Wildman–Crippen LogP) is -4.00. The quantitative estimate of drug-likeness (QED) is 0.223. The van der Waals surface area contributed by atoms with E-state index in [2.05, 4.69) is 18.9 Å². The van der Waals surface area contributed by atoms with Crippen LogP contribution in [0, 0.1) is 0 Å². The number of rotatable bonds is 9. The van der Waals surface area contributed by atoms with Gasteiger partial charge in [0.25, 0.3) is 20.8 Å². The fraction of sp³-hybridized carbons (Fsp3) is 0.750. The Morgan fingerprint density at radius 1 is 0.708 bits per heavy atom. The molecule has 16 heteroatoms. The van der Waals surface area contributed by atoms with Gasteiger partial charge in [0.15, 0.2) is 0 Å². The van der Waals surface area contributed by atoms with Crippen molar-refractivity contribution in [1.82, 2.24) is 0 Å². The van der Waals surface area contributed by atoms with Crippen LogP contribution in [0.5, 0.6) is 0 Å². The van der Waals surface area contributed by atoms with E-state index in [0.717, 1.165) is 0 Å². The first-order valence-electron chi connectivity index (χ1n) is 5.68. The summed E-state index contributed by atoms with van der Waals surface area (Å²) in [6.45, 7) is -0.375. The Hall–Kier alpha value is -0.505. The fourth-order valence-corrected chi connectivity index (χ4v) is 1.57. The first kappa shape index (κ1) is 28.3. The van der Waals surface area contributed by atoms with E-state index < -0.39 is 33.0 Å². The third kappa shape index (κ3) is 21.5. The van der Waals surface area contributed by atoms with Crippen LogP contribution < -0.4 is 37.7 Å². The summed E-state index contributed by atoms with van der Waals surface area (Å²) in [6, 6.07) is 0. The van der Waals surface area contributed by atoms with Crippen LogP contribution in [-0.2, 0) is 30.3 Å². The summed E-state index contributed by atoms with van der Waals surface area (Å²) in [7, 11) is -10.6. The maximum Gasteiger partial charge on any atom is 1.00 e. The molecule has 2 amide bonds. The Kier molecular flexibility index (Phi) is 16.2. The number of amides is 2. The maximum atomic E-state index is 11.9. The van der Waals surface area contributed by atoms with Crippen LogP contribution >= 0.6 is 0 Å². The van der Waals surface area contributed by atoms with Crippen molar-refractivity contribution in [2.24, 2.45) is 0 Å². The van der Waals surface area contributed by atoms with Crippen LogP contribution in [0.3, 0.4) is 0 Å². The van der Waals surface area contributed by atoms with Gasteiger partial charge in [-0.3, -0.25) is 9.59 Å². The Morgan fingerprint density at radius 3 is 1.25 bits per heavy atom. The molecule has 0 spiro atoms. The first-order chi connectivity index (χ1) is 9.99. The van der Waals surface area contributed by atoms with E-state index in [9.17, 15) is 34.2 Å². The molecule has 0 aromatic heterocycles. The minimum Gasteiger partial charge on any atom is -0.483 e. The van der Waals surface area contributed by atoms with Gasteiger partial charge >= 0.3 is 37.7 Å². The van der Waals surface area contributed by atoms with Crippen molar-refractivity contribution in [1.29, 1.82) is 0 Å². The summed E-state index contributed by atoms with van der Waals surface area (Å²) in [4.78, 5) is 21.3. The van der Waals surface area contributed by atoms with E-state index in [1.807, 2.05) is 0 Å². The molecular weight excluding hydrogens is 368 g/mol. The van der Waals surface area contributed by atoms with Gasteiger partial charge in [0.1, 0.15) is 0 Å². The molecule has 0 unspecified atom stereocenters. The zero-order chi connectivity index (χ0) is 17.2. The summed E-state index contributed by atoms with van der Waals surface area (Å²) in [5.41, 5.74) is 0. The molecular formula is C8H12F2Li2N2O8S2. The summed E-state index contributed by atoms with van der Waals surface area (Å²) in [5, 5.41) is 0. The van der Waals surface area contributed by atoms with Gasteiger partial charge in [0.2, 0.25) is 12.2 Å². The van der Waals surface area contributed by atoms with Crippen molar-refractivity contribution in [2.45, 2.75) is 25.7 Å². The number of hydrogen-bond donors (Lipinski definition) is 0. The molecule has 0 atom stereocenters. The Bertz CT molecular complexity index is 535. The Balaban J connectivity index is -0.00000220. The van der Waals surface area contributed by atoms with Crippen LogP contribution in [0.4, 0.5) is 17.4 Å². The smallest absolute Gasteiger partial charge is 0.483 e. The topological polar surface area (TPSA) is 149 Å². The maximum absolute atomic E-state index is 11.9. The van der Waals surface area contributed by atoms with Gasteiger partial charge in [-0.15, -0.1) is 7.77 Å². The number of nitrogens with zero attached hydrogens (tertiary/aromatic N) is 2. The number of carbonyl (C=O) groups is 2. The van der Waals surface area contributed by atoms with Gasteiger partial charge in [0, 0.05) is 0 Å². The molecule has 0 fully saturated rings. The van der Waals surface area contributed by atoms with Gasteiger partial charge in [-0.25, -0.2) is 16.8 Å². The molecule has 0 heterocycles. The summed E-state index contributed by atoms with van der Waals surface area (Å²) in [5.74, 6) is 0. The van der Waals surface area contributed by atoms with Gasteiger partial charge in [-0.2, -0.15) is 0 Å². The van der Waals surface area contributed by atoms with Gasteiger partial charge in [-0.05, 0) is 25.7 Å². The molecule has 130 valence electrons. The number of unbranched alkanes of at least 4 members (excludes halogenated alkanes) is 3. The second-order valence-corrected chi connectivity index (χ2v) is 5.66. The third-order valence-electron chi connectivity index (χ3n) is 1.86. The molecule has 0 aromatic rings. The molecule has 0 aliphatic carbocycles. The summed E-state index contributed by atoms with van der Waals surface area (Å²) in [6.07, 6.45) is -1.55. The predicted molar refractivity (Wildman–Crippen MR) is 67.9 cm³/mol. The average Bonchev–Trinajstić information content (AvgIpc) is 2.27. The number of carbonyl (C=O) groups excluding carboxylic acids is 2. The third-order valence-corrected chi connectivity index (χ3v) is 2.59. The molecule has 0 rings (SSSR count). The minimum absolute atomic E-state index is 0. The molecule has 0 N–H and O–H groups in total.